The number of amides is 1. The fourth-order valence-corrected chi connectivity index (χ4v) is 1.40. The Morgan fingerprint density at radius 1 is 1.56 bits per heavy atom. The van der Waals surface area contributed by atoms with Crippen LogP contribution in [-0.4, -0.2) is 20.8 Å². The number of aromatic amines is 1. The molecule has 1 amide bonds. The van der Waals surface area contributed by atoms with E-state index in [1.165, 1.54) is 6.92 Å². The van der Waals surface area contributed by atoms with Crippen molar-refractivity contribution in [3.8, 4) is 0 Å². The molecule has 0 spiro atoms. The lowest BCUT2D eigenvalue weighted by atomic mass is 10.2. The molecule has 0 aliphatic rings. The van der Waals surface area contributed by atoms with Crippen LogP contribution in [0.5, 0.6) is 0 Å². The number of carbonyl (C=O) groups excluding carboxylic acids is 1. The van der Waals surface area contributed by atoms with Crippen LogP contribution in [0, 0.1) is 10.1 Å². The van der Waals surface area contributed by atoms with Crippen LogP contribution in [-0.2, 0) is 4.79 Å². The number of aromatic nitrogens is 2. The standard InChI is InChI=1S/C9H8N4O3/c1-5(14)10-6-3-2-4-7-8(6)12-9(11-7)13(15)16/h2-4H,1H3,(H,10,14)(H,11,12). The Bertz CT molecular complexity index is 575. The van der Waals surface area contributed by atoms with Gasteiger partial charge in [-0.25, -0.2) is 4.98 Å². The number of rotatable bonds is 2. The summed E-state index contributed by atoms with van der Waals surface area (Å²) in [5, 5.41) is 13.1. The molecule has 1 aromatic heterocycles. The number of carbonyl (C=O) groups is 1. The van der Waals surface area contributed by atoms with E-state index in [1.807, 2.05) is 0 Å². The highest BCUT2D eigenvalue weighted by Gasteiger charge is 2.16. The van der Waals surface area contributed by atoms with E-state index in [2.05, 4.69) is 15.3 Å². The molecule has 0 atom stereocenters. The summed E-state index contributed by atoms with van der Waals surface area (Å²) < 4.78 is 0. The van der Waals surface area contributed by atoms with E-state index in [9.17, 15) is 14.9 Å². The summed E-state index contributed by atoms with van der Waals surface area (Å²) >= 11 is 0. The Morgan fingerprint density at radius 3 is 2.94 bits per heavy atom. The van der Waals surface area contributed by atoms with Gasteiger partial charge in [-0.2, -0.15) is 0 Å². The molecule has 2 aromatic rings. The number of hydrogen-bond donors (Lipinski definition) is 2. The molecule has 7 nitrogen and oxygen atoms in total. The lowest BCUT2D eigenvalue weighted by molar-refractivity contribution is -0.393. The number of para-hydroxylation sites is 1. The van der Waals surface area contributed by atoms with E-state index < -0.39 is 4.92 Å². The molecule has 0 radical (unpaired) electrons. The molecule has 0 saturated heterocycles. The van der Waals surface area contributed by atoms with E-state index in [0.717, 1.165) is 0 Å². The summed E-state index contributed by atoms with van der Waals surface area (Å²) in [4.78, 5) is 27.2. The molecule has 2 N–H and O–H groups in total. The summed E-state index contributed by atoms with van der Waals surface area (Å²) in [7, 11) is 0. The van der Waals surface area contributed by atoms with Gasteiger partial charge >= 0.3 is 5.95 Å². The van der Waals surface area contributed by atoms with Crippen LogP contribution in [0.2, 0.25) is 0 Å². The van der Waals surface area contributed by atoms with Crippen LogP contribution in [0.15, 0.2) is 18.2 Å². The average molecular weight is 220 g/mol. The van der Waals surface area contributed by atoms with Crippen molar-refractivity contribution in [2.45, 2.75) is 6.92 Å². The Morgan fingerprint density at radius 2 is 2.31 bits per heavy atom. The zero-order chi connectivity index (χ0) is 11.7. The SMILES string of the molecule is CC(=O)Nc1cccc2[nH]c([N+](=O)[O-])nc12. The molecule has 0 bridgehead atoms. The van der Waals surface area contributed by atoms with Crippen molar-refractivity contribution in [3.05, 3.63) is 28.3 Å². The summed E-state index contributed by atoms with van der Waals surface area (Å²) in [6, 6.07) is 4.96. The summed E-state index contributed by atoms with van der Waals surface area (Å²) in [5.74, 6) is -0.592. The largest absolute Gasteiger partial charge is 0.433 e. The number of fused-ring (bicyclic) bond motifs is 1. The first-order valence-corrected chi connectivity index (χ1v) is 4.48. The van der Waals surface area contributed by atoms with Crippen LogP contribution in [0.4, 0.5) is 11.6 Å². The van der Waals surface area contributed by atoms with E-state index in [4.69, 9.17) is 0 Å². The first kappa shape index (κ1) is 10.1. The van der Waals surface area contributed by atoms with Crippen molar-refractivity contribution in [3.63, 3.8) is 0 Å². The Labute approximate surface area is 89.6 Å². The summed E-state index contributed by atoms with van der Waals surface area (Å²) in [6.07, 6.45) is 0. The molecular formula is C9H8N4O3. The van der Waals surface area contributed by atoms with Crippen LogP contribution in [0.25, 0.3) is 11.0 Å². The van der Waals surface area contributed by atoms with Crippen LogP contribution in [0.3, 0.4) is 0 Å². The number of hydrogen-bond acceptors (Lipinski definition) is 4. The fourth-order valence-electron chi connectivity index (χ4n) is 1.40. The first-order chi connectivity index (χ1) is 7.58. The number of anilines is 1. The van der Waals surface area contributed by atoms with Crippen LogP contribution in [0.1, 0.15) is 6.92 Å². The molecule has 0 fully saturated rings. The first-order valence-electron chi connectivity index (χ1n) is 4.48. The maximum atomic E-state index is 10.9. The molecule has 1 heterocycles. The fraction of sp³-hybridized carbons (Fsp3) is 0.111. The van der Waals surface area contributed by atoms with Crippen molar-refractivity contribution < 1.29 is 9.72 Å². The predicted molar refractivity (Wildman–Crippen MR) is 57.1 cm³/mol. The van der Waals surface area contributed by atoms with Gasteiger partial charge in [-0.05, 0) is 17.1 Å². The summed E-state index contributed by atoms with van der Waals surface area (Å²) in [6.45, 7) is 1.36. The number of imidazole rings is 1. The summed E-state index contributed by atoms with van der Waals surface area (Å²) in [5.41, 5.74) is 1.34. The number of benzene rings is 1. The van der Waals surface area contributed by atoms with Gasteiger partial charge in [-0.1, -0.05) is 11.1 Å². The van der Waals surface area contributed by atoms with Crippen molar-refractivity contribution in [1.82, 2.24) is 9.97 Å². The molecule has 0 aliphatic heterocycles. The molecule has 0 aliphatic carbocycles. The molecule has 7 heteroatoms. The van der Waals surface area contributed by atoms with E-state index in [-0.39, 0.29) is 11.9 Å². The van der Waals surface area contributed by atoms with Crippen LogP contribution < -0.4 is 5.32 Å². The number of nitrogens with one attached hydrogen (secondary N) is 2. The normalized spacial score (nSPS) is 10.3. The van der Waals surface area contributed by atoms with E-state index >= 15 is 0 Å². The van der Waals surface area contributed by atoms with Gasteiger partial charge in [-0.15, -0.1) is 0 Å². The second-order valence-electron chi connectivity index (χ2n) is 3.20. The van der Waals surface area contributed by atoms with Gasteiger partial charge < -0.3 is 15.4 Å². The molecule has 1 aromatic carbocycles. The second-order valence-corrected chi connectivity index (χ2v) is 3.20. The van der Waals surface area contributed by atoms with Gasteiger partial charge in [0.25, 0.3) is 0 Å². The van der Waals surface area contributed by atoms with Crippen molar-refractivity contribution in [2.24, 2.45) is 0 Å². The highest BCUT2D eigenvalue weighted by Crippen LogP contribution is 2.23. The topological polar surface area (TPSA) is 101 Å². The maximum Gasteiger partial charge on any atom is 0.433 e. The smallest absolute Gasteiger partial charge is 0.390 e. The third-order valence-electron chi connectivity index (χ3n) is 1.98. The van der Waals surface area contributed by atoms with Gasteiger partial charge in [-0.3, -0.25) is 4.79 Å². The predicted octanol–water partition coefficient (Wildman–Crippen LogP) is 1.43. The van der Waals surface area contributed by atoms with Gasteiger partial charge in [0.1, 0.15) is 5.52 Å². The minimum Gasteiger partial charge on any atom is -0.390 e. The lowest BCUT2D eigenvalue weighted by Crippen LogP contribution is -2.05. The quantitative estimate of drug-likeness (QED) is 0.590. The lowest BCUT2D eigenvalue weighted by Gasteiger charge is -1.98. The number of nitrogens with zero attached hydrogens (tertiary/aromatic N) is 2. The molecule has 0 saturated carbocycles. The number of nitro groups is 1. The third kappa shape index (κ3) is 1.70. The Kier molecular flexibility index (Phi) is 2.28. The van der Waals surface area contributed by atoms with Gasteiger partial charge in [0.05, 0.1) is 5.69 Å². The van der Waals surface area contributed by atoms with Gasteiger partial charge in [0, 0.05) is 6.92 Å². The zero-order valence-electron chi connectivity index (χ0n) is 8.35. The highest BCUT2D eigenvalue weighted by molar-refractivity contribution is 5.98. The average Bonchev–Trinajstić information content (AvgIpc) is 2.61. The highest BCUT2D eigenvalue weighted by atomic mass is 16.6. The van der Waals surface area contributed by atoms with E-state index in [0.29, 0.717) is 16.7 Å². The molecule has 0 unspecified atom stereocenters. The molecular weight excluding hydrogens is 212 g/mol. The monoisotopic (exact) mass is 220 g/mol. The van der Waals surface area contributed by atoms with Crippen molar-refractivity contribution in [1.29, 1.82) is 0 Å². The second kappa shape index (κ2) is 3.61. The maximum absolute atomic E-state index is 10.9. The molecule has 16 heavy (non-hydrogen) atoms. The van der Waals surface area contributed by atoms with Gasteiger partial charge in [0.2, 0.25) is 11.4 Å². The Hall–Kier alpha value is -2.44. The van der Waals surface area contributed by atoms with E-state index in [1.54, 1.807) is 18.2 Å². The molecule has 2 rings (SSSR count). The number of H-pyrrole nitrogens is 1. The van der Waals surface area contributed by atoms with Gasteiger partial charge in [0.15, 0.2) is 0 Å². The molecule has 82 valence electrons. The zero-order valence-corrected chi connectivity index (χ0v) is 8.35. The minimum atomic E-state index is -0.614. The van der Waals surface area contributed by atoms with Crippen molar-refractivity contribution >= 4 is 28.6 Å². The minimum absolute atomic E-state index is 0.252. The van der Waals surface area contributed by atoms with Crippen molar-refractivity contribution in [2.75, 3.05) is 5.32 Å². The van der Waals surface area contributed by atoms with Crippen LogP contribution >= 0.6 is 0 Å². The Balaban J connectivity index is 2.58. The third-order valence-corrected chi connectivity index (χ3v) is 1.98.